The lowest BCUT2D eigenvalue weighted by atomic mass is 9.84. The van der Waals surface area contributed by atoms with E-state index in [1.807, 2.05) is 0 Å². The molecule has 0 N–H and O–H groups in total. The molecular formula is C45H32N2. The van der Waals surface area contributed by atoms with Gasteiger partial charge < -0.3 is 0 Å². The zero-order valence-corrected chi connectivity index (χ0v) is 26.2. The van der Waals surface area contributed by atoms with Gasteiger partial charge in [-0.15, -0.1) is 0 Å². The van der Waals surface area contributed by atoms with Crippen molar-refractivity contribution in [3.8, 4) is 39.1 Å². The van der Waals surface area contributed by atoms with Gasteiger partial charge in [-0.3, -0.25) is 4.57 Å². The first-order valence-corrected chi connectivity index (χ1v) is 16.4. The van der Waals surface area contributed by atoms with Gasteiger partial charge in [0.05, 0.1) is 11.0 Å². The Morgan fingerprint density at radius 1 is 0.447 bits per heavy atom. The minimum absolute atomic E-state index is 0.872. The minimum Gasteiger partial charge on any atom is -0.296 e. The molecule has 222 valence electrons. The van der Waals surface area contributed by atoms with Crippen molar-refractivity contribution >= 4 is 43.4 Å². The van der Waals surface area contributed by atoms with Crippen molar-refractivity contribution in [2.75, 3.05) is 0 Å². The van der Waals surface area contributed by atoms with Gasteiger partial charge in [-0.25, -0.2) is 4.98 Å². The molecule has 0 aliphatic carbocycles. The van der Waals surface area contributed by atoms with E-state index < -0.39 is 0 Å². The van der Waals surface area contributed by atoms with Gasteiger partial charge in [-0.05, 0) is 102 Å². The van der Waals surface area contributed by atoms with Gasteiger partial charge in [0.1, 0.15) is 5.82 Å². The van der Waals surface area contributed by atoms with Crippen LogP contribution in [-0.4, -0.2) is 9.55 Å². The number of fused-ring (bicyclic) bond motifs is 4. The maximum atomic E-state index is 4.92. The molecule has 2 nitrogen and oxygen atoms in total. The second-order valence-electron chi connectivity index (χ2n) is 12.2. The molecule has 2 heteroatoms. The Labute approximate surface area is 274 Å². The molecule has 47 heavy (non-hydrogen) atoms. The standard InChI is InChI=1S/C45H32N2/c1-2-43-46-41-19-11-12-20-42(41)47(43)36-25-23-32-27-35(22-21-33(32)28-36)45-38-18-10-9-17-37(38)44(31-15-7-4-8-16-31)40-29-34(24-26-39(40)45)30-13-5-3-6-14-30/h3-29H,2H2,1H3. The molecule has 0 unspecified atom stereocenters. The number of benzene rings is 8. The van der Waals surface area contributed by atoms with E-state index in [9.17, 15) is 0 Å². The number of hydrogen-bond donors (Lipinski definition) is 0. The molecule has 0 bridgehead atoms. The van der Waals surface area contributed by atoms with Crippen LogP contribution in [0.1, 0.15) is 12.7 Å². The summed E-state index contributed by atoms with van der Waals surface area (Å²) in [5.41, 5.74) is 10.8. The molecule has 0 aliphatic rings. The molecule has 9 rings (SSSR count). The molecule has 0 aliphatic heterocycles. The smallest absolute Gasteiger partial charge is 0.114 e. The van der Waals surface area contributed by atoms with Crippen molar-refractivity contribution in [2.45, 2.75) is 13.3 Å². The largest absolute Gasteiger partial charge is 0.296 e. The first-order chi connectivity index (χ1) is 23.3. The van der Waals surface area contributed by atoms with E-state index in [0.717, 1.165) is 29.0 Å². The Hall–Kier alpha value is -5.99. The van der Waals surface area contributed by atoms with Crippen LogP contribution in [0.5, 0.6) is 0 Å². The van der Waals surface area contributed by atoms with Gasteiger partial charge in [-0.1, -0.05) is 134 Å². The van der Waals surface area contributed by atoms with Gasteiger partial charge in [0.25, 0.3) is 0 Å². The van der Waals surface area contributed by atoms with Crippen LogP contribution < -0.4 is 0 Å². The van der Waals surface area contributed by atoms with E-state index in [1.54, 1.807) is 0 Å². The molecule has 0 radical (unpaired) electrons. The van der Waals surface area contributed by atoms with Crippen molar-refractivity contribution < 1.29 is 0 Å². The summed E-state index contributed by atoms with van der Waals surface area (Å²) in [7, 11) is 0. The highest BCUT2D eigenvalue weighted by Crippen LogP contribution is 2.45. The first kappa shape index (κ1) is 27.3. The minimum atomic E-state index is 0.872. The summed E-state index contributed by atoms with van der Waals surface area (Å²) in [6.07, 6.45) is 0.872. The third-order valence-corrected chi connectivity index (χ3v) is 9.51. The van der Waals surface area contributed by atoms with Gasteiger partial charge in [0.15, 0.2) is 0 Å². The fourth-order valence-corrected chi connectivity index (χ4v) is 7.34. The first-order valence-electron chi connectivity index (χ1n) is 16.4. The van der Waals surface area contributed by atoms with E-state index in [-0.39, 0.29) is 0 Å². The van der Waals surface area contributed by atoms with Crippen molar-refractivity contribution in [3.63, 3.8) is 0 Å². The normalized spacial score (nSPS) is 11.6. The summed E-state index contributed by atoms with van der Waals surface area (Å²) in [6.45, 7) is 2.17. The number of imidazole rings is 1. The topological polar surface area (TPSA) is 17.8 Å². The number of nitrogens with zero attached hydrogens (tertiary/aromatic N) is 2. The lowest BCUT2D eigenvalue weighted by Gasteiger charge is -2.19. The molecule has 1 heterocycles. The third-order valence-electron chi connectivity index (χ3n) is 9.51. The highest BCUT2D eigenvalue weighted by atomic mass is 15.1. The average Bonchev–Trinajstić information content (AvgIpc) is 3.53. The molecule has 0 fully saturated rings. The van der Waals surface area contributed by atoms with Crippen molar-refractivity contribution in [2.24, 2.45) is 0 Å². The summed E-state index contributed by atoms with van der Waals surface area (Å²) in [5, 5.41) is 7.49. The molecule has 0 saturated carbocycles. The van der Waals surface area contributed by atoms with Gasteiger partial charge >= 0.3 is 0 Å². The van der Waals surface area contributed by atoms with Crippen molar-refractivity contribution in [1.29, 1.82) is 0 Å². The molecule has 9 aromatic rings. The van der Waals surface area contributed by atoms with E-state index in [1.165, 1.54) is 65.7 Å². The van der Waals surface area contributed by atoms with E-state index in [4.69, 9.17) is 4.98 Å². The number of hydrogen-bond acceptors (Lipinski definition) is 1. The van der Waals surface area contributed by atoms with Crippen molar-refractivity contribution in [1.82, 2.24) is 9.55 Å². The summed E-state index contributed by atoms with van der Waals surface area (Å²) >= 11 is 0. The Morgan fingerprint density at radius 2 is 1.04 bits per heavy atom. The monoisotopic (exact) mass is 600 g/mol. The molecule has 0 saturated heterocycles. The Kier molecular flexibility index (Phi) is 6.46. The predicted octanol–water partition coefficient (Wildman–Crippen LogP) is 12.0. The lowest BCUT2D eigenvalue weighted by Crippen LogP contribution is -2.00. The lowest BCUT2D eigenvalue weighted by molar-refractivity contribution is 0.909. The molecule has 1 aromatic heterocycles. The number of para-hydroxylation sites is 2. The van der Waals surface area contributed by atoms with Gasteiger partial charge in [0.2, 0.25) is 0 Å². The highest BCUT2D eigenvalue weighted by Gasteiger charge is 2.18. The van der Waals surface area contributed by atoms with Crippen LogP contribution in [0, 0.1) is 0 Å². The highest BCUT2D eigenvalue weighted by molar-refractivity contribution is 6.22. The fraction of sp³-hybridized carbons (Fsp3) is 0.0444. The Balaban J connectivity index is 1.28. The number of aryl methyl sites for hydroxylation is 1. The second kappa shape index (κ2) is 11.1. The number of aromatic nitrogens is 2. The van der Waals surface area contributed by atoms with E-state index in [0.29, 0.717) is 0 Å². The molecule has 0 atom stereocenters. The average molecular weight is 601 g/mol. The molecule has 8 aromatic carbocycles. The van der Waals surface area contributed by atoms with Crippen molar-refractivity contribution in [3.05, 3.63) is 170 Å². The SMILES string of the molecule is CCc1nc2ccccc2n1-c1ccc2cc(-c3c4ccccc4c(-c4ccccc4)c4cc(-c5ccccc5)ccc34)ccc2c1. The van der Waals surface area contributed by atoms with E-state index >= 15 is 0 Å². The molecule has 0 spiro atoms. The Bertz CT molecular complexity index is 2600. The number of rotatable bonds is 5. The summed E-state index contributed by atoms with van der Waals surface area (Å²) in [5.74, 6) is 1.08. The van der Waals surface area contributed by atoms with Crippen LogP contribution >= 0.6 is 0 Å². The zero-order chi connectivity index (χ0) is 31.3. The van der Waals surface area contributed by atoms with Crippen LogP contribution in [0.3, 0.4) is 0 Å². The summed E-state index contributed by atoms with van der Waals surface area (Å²) < 4.78 is 2.30. The van der Waals surface area contributed by atoms with E-state index in [2.05, 4.69) is 175 Å². The molecule has 0 amide bonds. The predicted molar refractivity (Wildman–Crippen MR) is 199 cm³/mol. The third kappa shape index (κ3) is 4.53. The van der Waals surface area contributed by atoms with Crippen LogP contribution in [0.25, 0.3) is 82.4 Å². The van der Waals surface area contributed by atoms with Gasteiger partial charge in [0, 0.05) is 12.1 Å². The summed E-state index contributed by atoms with van der Waals surface area (Å²) in [6, 6.07) is 59.6. The maximum absolute atomic E-state index is 4.92. The van der Waals surface area contributed by atoms with Gasteiger partial charge in [-0.2, -0.15) is 0 Å². The Morgan fingerprint density at radius 3 is 1.81 bits per heavy atom. The zero-order valence-electron chi connectivity index (χ0n) is 26.2. The fourth-order valence-electron chi connectivity index (χ4n) is 7.34. The molecular weight excluding hydrogens is 569 g/mol. The second-order valence-corrected chi connectivity index (χ2v) is 12.2. The van der Waals surface area contributed by atoms with Crippen LogP contribution in [-0.2, 0) is 6.42 Å². The van der Waals surface area contributed by atoms with Crippen LogP contribution in [0.4, 0.5) is 0 Å². The summed E-state index contributed by atoms with van der Waals surface area (Å²) in [4.78, 5) is 4.92. The van der Waals surface area contributed by atoms with Crippen LogP contribution in [0.15, 0.2) is 164 Å². The van der Waals surface area contributed by atoms with Crippen LogP contribution in [0.2, 0.25) is 0 Å². The maximum Gasteiger partial charge on any atom is 0.114 e. The quantitative estimate of drug-likeness (QED) is 0.180.